The Morgan fingerprint density at radius 2 is 1.93 bits per heavy atom. The lowest BCUT2D eigenvalue weighted by Gasteiger charge is -2.11. The van der Waals surface area contributed by atoms with Gasteiger partial charge < -0.3 is 14.9 Å². The molecular formula is C23H28N2O3. The van der Waals surface area contributed by atoms with Gasteiger partial charge in [-0.1, -0.05) is 30.4 Å². The highest BCUT2D eigenvalue weighted by Gasteiger charge is 2.19. The van der Waals surface area contributed by atoms with E-state index in [4.69, 9.17) is 4.74 Å². The fraction of sp³-hybridized carbons (Fsp3) is 0.261. The maximum absolute atomic E-state index is 10.6. The minimum atomic E-state index is -0.262. The second kappa shape index (κ2) is 10.3. The van der Waals surface area contributed by atoms with Gasteiger partial charge in [0.1, 0.15) is 17.2 Å². The highest BCUT2D eigenvalue weighted by Crippen LogP contribution is 2.34. The van der Waals surface area contributed by atoms with Gasteiger partial charge in [-0.3, -0.25) is 5.10 Å². The molecular weight excluding hydrogens is 352 g/mol. The maximum Gasteiger partial charge on any atom is 0.123 e. The van der Waals surface area contributed by atoms with Crippen molar-refractivity contribution in [1.29, 1.82) is 0 Å². The number of aromatic amines is 1. The Labute approximate surface area is 166 Å². The average Bonchev–Trinajstić information content (AvgIpc) is 3.08. The number of aliphatic hydroxyl groups is 2. The third kappa shape index (κ3) is 5.02. The molecule has 1 heterocycles. The molecule has 0 bridgehead atoms. The Hall–Kier alpha value is -3.05. The molecule has 0 fully saturated rings. The van der Waals surface area contributed by atoms with Crippen LogP contribution in [0.25, 0.3) is 16.7 Å². The fourth-order valence-electron chi connectivity index (χ4n) is 3.03. The minimum Gasteiger partial charge on any atom is -0.508 e. The molecule has 1 aromatic carbocycles. The van der Waals surface area contributed by atoms with Gasteiger partial charge in [0, 0.05) is 16.8 Å². The Morgan fingerprint density at radius 1 is 1.21 bits per heavy atom. The van der Waals surface area contributed by atoms with Crippen LogP contribution in [0.5, 0.6) is 5.75 Å². The van der Waals surface area contributed by atoms with Crippen LogP contribution in [-0.2, 0) is 0 Å². The smallest absolute Gasteiger partial charge is 0.123 e. The summed E-state index contributed by atoms with van der Waals surface area (Å²) in [7, 11) is 1.63. The van der Waals surface area contributed by atoms with Crippen molar-refractivity contribution in [2.45, 2.75) is 19.8 Å². The molecule has 3 N–H and O–H groups in total. The zero-order valence-electron chi connectivity index (χ0n) is 16.5. The van der Waals surface area contributed by atoms with Crippen molar-refractivity contribution in [1.82, 2.24) is 10.2 Å². The molecule has 28 heavy (non-hydrogen) atoms. The largest absolute Gasteiger partial charge is 0.508 e. The molecule has 1 aromatic heterocycles. The van der Waals surface area contributed by atoms with Crippen LogP contribution >= 0.6 is 0 Å². The van der Waals surface area contributed by atoms with Gasteiger partial charge in [-0.2, -0.15) is 5.10 Å². The predicted octanol–water partition coefficient (Wildman–Crippen LogP) is 4.98. The normalized spacial score (nSPS) is 13.2. The van der Waals surface area contributed by atoms with Crippen molar-refractivity contribution in [2.75, 3.05) is 13.7 Å². The van der Waals surface area contributed by atoms with E-state index >= 15 is 0 Å². The number of nitrogens with zero attached hydrogens (tertiary/aromatic N) is 1. The second-order valence-electron chi connectivity index (χ2n) is 6.45. The number of H-pyrrole nitrogens is 1. The highest BCUT2D eigenvalue weighted by molar-refractivity contribution is 5.86. The summed E-state index contributed by atoms with van der Waals surface area (Å²) in [5, 5.41) is 27.3. The molecule has 0 radical (unpaired) electrons. The van der Waals surface area contributed by atoms with Gasteiger partial charge in [-0.25, -0.2) is 0 Å². The lowest BCUT2D eigenvalue weighted by molar-refractivity contribution is 0.333. The molecule has 1 unspecified atom stereocenters. The lowest BCUT2D eigenvalue weighted by Crippen LogP contribution is -1.98. The number of ether oxygens (including phenoxy) is 1. The number of aliphatic hydroxyl groups excluding tert-OH is 2. The first kappa shape index (κ1) is 21.3. The van der Waals surface area contributed by atoms with E-state index in [2.05, 4.69) is 23.4 Å². The summed E-state index contributed by atoms with van der Waals surface area (Å²) in [5.74, 6) is 0.965. The third-order valence-electron chi connectivity index (χ3n) is 4.57. The van der Waals surface area contributed by atoms with Crippen LogP contribution in [0.2, 0.25) is 0 Å². The number of allylic oxidation sites excluding steroid dienone is 4. The van der Waals surface area contributed by atoms with Crippen molar-refractivity contribution >= 4 is 5.57 Å². The summed E-state index contributed by atoms with van der Waals surface area (Å²) in [6.07, 6.45) is 8.49. The molecule has 0 saturated carbocycles. The SMILES string of the molecule is C=CCC(C=C)C/C=C(\C(O)=C/CO)c1n[nH]c(C)c1-c1ccc(OC)cc1. The number of benzene rings is 1. The topological polar surface area (TPSA) is 78.4 Å². The minimum absolute atomic E-state index is 0.00910. The van der Waals surface area contributed by atoms with Gasteiger partial charge in [-0.05, 0) is 49.5 Å². The standard InChI is InChI=1S/C23H28N2O3/c1-5-7-17(6-2)8-13-20(21(27)14-15-26)23-22(16(3)24-25-23)18-9-11-19(28-4)12-10-18/h5-6,9-14,17,26-27H,1-2,7-8,15H2,3-4H3,(H,24,25)/b20-13+,21-14+. The van der Waals surface area contributed by atoms with Gasteiger partial charge in [0.05, 0.1) is 13.7 Å². The zero-order valence-corrected chi connectivity index (χ0v) is 16.5. The molecule has 0 aliphatic rings. The molecule has 1 atom stereocenters. The summed E-state index contributed by atoms with van der Waals surface area (Å²) in [4.78, 5) is 0. The van der Waals surface area contributed by atoms with E-state index < -0.39 is 0 Å². The number of methoxy groups -OCH3 is 1. The van der Waals surface area contributed by atoms with Crippen molar-refractivity contribution in [3.8, 4) is 16.9 Å². The molecule has 0 aliphatic heterocycles. The molecule has 2 aromatic rings. The van der Waals surface area contributed by atoms with Crippen LogP contribution in [0.15, 0.2) is 67.5 Å². The first-order chi connectivity index (χ1) is 13.5. The molecule has 5 nitrogen and oxygen atoms in total. The molecule has 148 valence electrons. The Bertz CT molecular complexity index is 860. The summed E-state index contributed by atoms with van der Waals surface area (Å²) >= 11 is 0. The second-order valence-corrected chi connectivity index (χ2v) is 6.45. The van der Waals surface area contributed by atoms with E-state index in [1.54, 1.807) is 7.11 Å². The zero-order chi connectivity index (χ0) is 20.5. The number of rotatable bonds is 10. The number of aryl methyl sites for hydroxylation is 1. The van der Waals surface area contributed by atoms with Crippen LogP contribution in [-0.4, -0.2) is 34.1 Å². The number of hydrogen-bond acceptors (Lipinski definition) is 4. The first-order valence-corrected chi connectivity index (χ1v) is 9.19. The average molecular weight is 380 g/mol. The van der Waals surface area contributed by atoms with Crippen LogP contribution < -0.4 is 4.74 Å². The fourth-order valence-corrected chi connectivity index (χ4v) is 3.03. The molecule has 5 heteroatoms. The summed E-state index contributed by atoms with van der Waals surface area (Å²) in [5.41, 5.74) is 3.93. The number of hydrogen-bond donors (Lipinski definition) is 3. The molecule has 0 aliphatic carbocycles. The number of nitrogens with one attached hydrogen (secondary N) is 1. The quantitative estimate of drug-likeness (QED) is 0.309. The van der Waals surface area contributed by atoms with E-state index in [1.807, 2.05) is 49.4 Å². The van der Waals surface area contributed by atoms with Gasteiger partial charge in [0.25, 0.3) is 0 Å². The van der Waals surface area contributed by atoms with Crippen LogP contribution in [0.1, 0.15) is 24.2 Å². The molecule has 2 rings (SSSR count). The third-order valence-corrected chi connectivity index (χ3v) is 4.57. The Morgan fingerprint density at radius 3 is 2.50 bits per heavy atom. The van der Waals surface area contributed by atoms with Crippen LogP contribution in [0, 0.1) is 12.8 Å². The Balaban J connectivity index is 2.53. The van der Waals surface area contributed by atoms with Crippen LogP contribution in [0.3, 0.4) is 0 Å². The Kier molecular flexibility index (Phi) is 7.84. The summed E-state index contributed by atoms with van der Waals surface area (Å²) in [6.45, 7) is 9.32. The van der Waals surface area contributed by atoms with E-state index in [9.17, 15) is 10.2 Å². The molecule has 0 saturated heterocycles. The van der Waals surface area contributed by atoms with Gasteiger partial charge in [0.2, 0.25) is 0 Å². The van der Waals surface area contributed by atoms with Gasteiger partial charge >= 0.3 is 0 Å². The highest BCUT2D eigenvalue weighted by atomic mass is 16.5. The monoisotopic (exact) mass is 380 g/mol. The van der Waals surface area contributed by atoms with Crippen molar-refractivity contribution in [3.63, 3.8) is 0 Å². The lowest BCUT2D eigenvalue weighted by atomic mass is 9.94. The molecule has 0 spiro atoms. The molecule has 0 amide bonds. The predicted molar refractivity (Wildman–Crippen MR) is 114 cm³/mol. The van der Waals surface area contributed by atoms with Gasteiger partial charge in [-0.15, -0.1) is 13.2 Å². The summed E-state index contributed by atoms with van der Waals surface area (Å²) < 4.78 is 5.24. The number of aromatic nitrogens is 2. The first-order valence-electron chi connectivity index (χ1n) is 9.19. The van der Waals surface area contributed by atoms with Crippen LogP contribution in [0.4, 0.5) is 0 Å². The van der Waals surface area contributed by atoms with Crippen molar-refractivity contribution in [2.24, 2.45) is 5.92 Å². The van der Waals surface area contributed by atoms with Crippen molar-refractivity contribution < 1.29 is 14.9 Å². The van der Waals surface area contributed by atoms with Gasteiger partial charge in [0.15, 0.2) is 0 Å². The van der Waals surface area contributed by atoms with E-state index in [-0.39, 0.29) is 18.3 Å². The maximum atomic E-state index is 10.6. The van der Waals surface area contributed by atoms with E-state index in [0.717, 1.165) is 29.0 Å². The van der Waals surface area contributed by atoms with Crippen molar-refractivity contribution in [3.05, 3.63) is 78.9 Å². The summed E-state index contributed by atoms with van der Waals surface area (Å²) in [6, 6.07) is 7.68. The van der Waals surface area contributed by atoms with E-state index in [0.29, 0.717) is 17.7 Å². The van der Waals surface area contributed by atoms with E-state index in [1.165, 1.54) is 6.08 Å².